The molecule has 0 saturated heterocycles. The summed E-state index contributed by atoms with van der Waals surface area (Å²) in [4.78, 5) is 0. The first-order valence-corrected chi connectivity index (χ1v) is 5.12. The Hall–Kier alpha value is -0.0400. The minimum Gasteiger partial charge on any atom is -0.327 e. The minimum atomic E-state index is 0.598. The zero-order valence-corrected chi connectivity index (χ0v) is 7.00. The number of nitrogens with two attached hydrogens (primary N) is 1. The third-order valence-electron chi connectivity index (χ3n) is 4.21. The Labute approximate surface area is 68.3 Å². The fourth-order valence-electron chi connectivity index (χ4n) is 3.56. The number of hydrogen-bond acceptors (Lipinski definition) is 1. The van der Waals surface area contributed by atoms with Crippen LogP contribution >= 0.6 is 0 Å². The molecule has 3 aliphatic carbocycles. The highest BCUT2D eigenvalue weighted by molar-refractivity contribution is 5.03. The van der Waals surface area contributed by atoms with Crippen LogP contribution in [0, 0.1) is 23.7 Å². The molecule has 2 N–H and O–H groups in total. The molecule has 0 aromatic rings. The average molecular weight is 151 g/mol. The van der Waals surface area contributed by atoms with Gasteiger partial charge in [0, 0.05) is 6.04 Å². The fraction of sp³-hybridized carbons (Fsp3) is 1.00. The zero-order chi connectivity index (χ0) is 7.42. The molecule has 2 bridgehead atoms. The third kappa shape index (κ3) is 0.807. The monoisotopic (exact) mass is 151 g/mol. The van der Waals surface area contributed by atoms with Crippen molar-refractivity contribution in [2.24, 2.45) is 29.4 Å². The lowest BCUT2D eigenvalue weighted by Gasteiger charge is -2.27. The van der Waals surface area contributed by atoms with Gasteiger partial charge in [0.2, 0.25) is 0 Å². The van der Waals surface area contributed by atoms with Gasteiger partial charge in [0.05, 0.1) is 0 Å². The van der Waals surface area contributed by atoms with Crippen molar-refractivity contribution < 1.29 is 0 Å². The van der Waals surface area contributed by atoms with Gasteiger partial charge in [-0.05, 0) is 55.8 Å². The van der Waals surface area contributed by atoms with Gasteiger partial charge in [-0.2, -0.15) is 0 Å². The summed E-state index contributed by atoms with van der Waals surface area (Å²) in [6, 6.07) is 0.598. The van der Waals surface area contributed by atoms with Crippen molar-refractivity contribution >= 4 is 0 Å². The van der Waals surface area contributed by atoms with Gasteiger partial charge in [0.15, 0.2) is 0 Å². The molecule has 4 atom stereocenters. The van der Waals surface area contributed by atoms with Crippen LogP contribution in [-0.4, -0.2) is 6.04 Å². The van der Waals surface area contributed by atoms with Crippen LogP contribution in [0.5, 0.6) is 0 Å². The van der Waals surface area contributed by atoms with E-state index in [0.29, 0.717) is 6.04 Å². The molecule has 0 radical (unpaired) electrons. The Kier molecular flexibility index (Phi) is 1.18. The van der Waals surface area contributed by atoms with Crippen LogP contribution < -0.4 is 5.73 Å². The van der Waals surface area contributed by atoms with E-state index in [2.05, 4.69) is 0 Å². The van der Waals surface area contributed by atoms with Crippen LogP contribution in [0.25, 0.3) is 0 Å². The van der Waals surface area contributed by atoms with Gasteiger partial charge in [-0.25, -0.2) is 0 Å². The molecule has 0 unspecified atom stereocenters. The fourth-order valence-corrected chi connectivity index (χ4v) is 3.56. The maximum absolute atomic E-state index is 6.21. The predicted molar refractivity (Wildman–Crippen MR) is 45.0 cm³/mol. The number of rotatable bonds is 1. The second-order valence-corrected chi connectivity index (χ2v) is 4.83. The Bertz CT molecular complexity index is 172. The number of hydrogen-bond donors (Lipinski definition) is 1. The van der Waals surface area contributed by atoms with E-state index in [1.54, 1.807) is 0 Å². The lowest BCUT2D eigenvalue weighted by Crippen LogP contribution is -2.36. The topological polar surface area (TPSA) is 26.0 Å². The molecule has 3 fully saturated rings. The van der Waals surface area contributed by atoms with E-state index < -0.39 is 0 Å². The Balaban J connectivity index is 1.82. The summed E-state index contributed by atoms with van der Waals surface area (Å²) >= 11 is 0. The summed E-state index contributed by atoms with van der Waals surface area (Å²) in [6.45, 7) is 0. The van der Waals surface area contributed by atoms with E-state index in [1.165, 1.54) is 32.1 Å². The van der Waals surface area contributed by atoms with Gasteiger partial charge in [-0.1, -0.05) is 0 Å². The van der Waals surface area contributed by atoms with Crippen molar-refractivity contribution in [3.05, 3.63) is 0 Å². The lowest BCUT2D eigenvalue weighted by atomic mass is 9.82. The minimum absolute atomic E-state index is 0.598. The van der Waals surface area contributed by atoms with Crippen molar-refractivity contribution in [3.63, 3.8) is 0 Å². The van der Waals surface area contributed by atoms with Gasteiger partial charge >= 0.3 is 0 Å². The van der Waals surface area contributed by atoms with Gasteiger partial charge in [0.25, 0.3) is 0 Å². The molecule has 11 heavy (non-hydrogen) atoms. The highest BCUT2D eigenvalue weighted by Gasteiger charge is 2.51. The van der Waals surface area contributed by atoms with Crippen molar-refractivity contribution in [3.8, 4) is 0 Å². The van der Waals surface area contributed by atoms with Crippen LogP contribution in [0.3, 0.4) is 0 Å². The van der Waals surface area contributed by atoms with Crippen molar-refractivity contribution in [2.75, 3.05) is 0 Å². The molecule has 3 rings (SSSR count). The summed E-state index contributed by atoms with van der Waals surface area (Å²) in [5.41, 5.74) is 6.21. The Morgan fingerprint density at radius 2 is 1.45 bits per heavy atom. The summed E-state index contributed by atoms with van der Waals surface area (Å²) in [6.07, 6.45) is 7.39. The second-order valence-electron chi connectivity index (χ2n) is 4.83. The molecule has 1 heteroatoms. The third-order valence-corrected chi connectivity index (χ3v) is 4.21. The molecular weight excluding hydrogens is 134 g/mol. The van der Waals surface area contributed by atoms with Crippen molar-refractivity contribution in [1.29, 1.82) is 0 Å². The zero-order valence-electron chi connectivity index (χ0n) is 7.00. The van der Waals surface area contributed by atoms with Crippen LogP contribution in [-0.2, 0) is 0 Å². The van der Waals surface area contributed by atoms with Crippen molar-refractivity contribution in [1.82, 2.24) is 0 Å². The van der Waals surface area contributed by atoms with E-state index in [4.69, 9.17) is 5.73 Å². The van der Waals surface area contributed by atoms with E-state index >= 15 is 0 Å². The highest BCUT2D eigenvalue weighted by Crippen LogP contribution is 2.55. The van der Waals surface area contributed by atoms with Gasteiger partial charge < -0.3 is 5.73 Å². The molecule has 1 nitrogen and oxygen atoms in total. The van der Waals surface area contributed by atoms with Gasteiger partial charge in [-0.15, -0.1) is 0 Å². The van der Waals surface area contributed by atoms with E-state index in [9.17, 15) is 0 Å². The highest BCUT2D eigenvalue weighted by atomic mass is 14.8. The lowest BCUT2D eigenvalue weighted by molar-refractivity contribution is 0.258. The number of fused-ring (bicyclic) bond motifs is 2. The largest absolute Gasteiger partial charge is 0.327 e. The van der Waals surface area contributed by atoms with Crippen LogP contribution in [0.15, 0.2) is 0 Å². The second kappa shape index (κ2) is 2.01. The maximum Gasteiger partial charge on any atom is 0.0101 e. The average Bonchev–Trinajstić information content (AvgIpc) is 2.62. The van der Waals surface area contributed by atoms with E-state index in [0.717, 1.165) is 23.7 Å². The standard InChI is InChI=1S/C10H17N/c11-10-8-4-3-7(5-8)9(10)6-1-2-6/h6-10H,1-5,11H2/t7-,8+,9-,10-/m0/s1. The maximum atomic E-state index is 6.21. The molecule has 3 saturated carbocycles. The molecule has 0 heterocycles. The molecule has 62 valence electrons. The SMILES string of the molecule is N[C@H]1[C@@H]2CC[C@@H](C2)[C@@H]1C1CC1. The Morgan fingerprint density at radius 1 is 0.818 bits per heavy atom. The smallest absolute Gasteiger partial charge is 0.0101 e. The van der Waals surface area contributed by atoms with Crippen LogP contribution in [0.1, 0.15) is 32.1 Å². The molecule has 0 aliphatic heterocycles. The van der Waals surface area contributed by atoms with E-state index in [1.807, 2.05) is 0 Å². The quantitative estimate of drug-likeness (QED) is 0.607. The first kappa shape index (κ1) is 6.47. The molecular formula is C10H17N. The van der Waals surface area contributed by atoms with Crippen LogP contribution in [0.4, 0.5) is 0 Å². The predicted octanol–water partition coefficient (Wildman–Crippen LogP) is 1.77. The molecule has 0 aromatic carbocycles. The van der Waals surface area contributed by atoms with Crippen molar-refractivity contribution in [2.45, 2.75) is 38.1 Å². The normalized spacial score (nSPS) is 55.4. The summed E-state index contributed by atoms with van der Waals surface area (Å²) in [5, 5.41) is 0. The van der Waals surface area contributed by atoms with Crippen LogP contribution in [0.2, 0.25) is 0 Å². The van der Waals surface area contributed by atoms with E-state index in [-0.39, 0.29) is 0 Å². The van der Waals surface area contributed by atoms with Gasteiger partial charge in [0.1, 0.15) is 0 Å². The molecule has 3 aliphatic rings. The summed E-state index contributed by atoms with van der Waals surface area (Å²) in [7, 11) is 0. The molecule has 0 amide bonds. The first-order chi connectivity index (χ1) is 5.36. The molecule has 0 spiro atoms. The summed E-state index contributed by atoms with van der Waals surface area (Å²) < 4.78 is 0. The summed E-state index contributed by atoms with van der Waals surface area (Å²) in [5.74, 6) is 3.97. The first-order valence-electron chi connectivity index (χ1n) is 5.12. The molecule has 0 aromatic heterocycles. The Morgan fingerprint density at radius 3 is 2.00 bits per heavy atom. The van der Waals surface area contributed by atoms with Gasteiger partial charge in [-0.3, -0.25) is 0 Å².